The Morgan fingerprint density at radius 3 is 2.82 bits per heavy atom. The van der Waals surface area contributed by atoms with Gasteiger partial charge in [0.05, 0.1) is 10.8 Å². The van der Waals surface area contributed by atoms with Crippen molar-refractivity contribution in [3.05, 3.63) is 39.4 Å². The molecule has 17 heavy (non-hydrogen) atoms. The molecule has 1 heterocycles. The van der Waals surface area contributed by atoms with Crippen molar-refractivity contribution in [1.82, 2.24) is 10.9 Å². The average Bonchev–Trinajstić information content (AvgIpc) is 2.76. The Hall–Kier alpha value is -1.21. The van der Waals surface area contributed by atoms with Crippen LogP contribution in [0.25, 0.3) is 0 Å². The van der Waals surface area contributed by atoms with E-state index in [1.807, 2.05) is 0 Å². The standard InChI is InChI=1S/C10H12ClN3O3/c1-6-4-7(2-3-8(6)14(15)16)10-13-12-9(5-11)17-10/h2-4,9-10,12-13H,5H2,1H3. The molecule has 0 saturated carbocycles. The number of benzene rings is 1. The van der Waals surface area contributed by atoms with Crippen LogP contribution in [0.3, 0.4) is 0 Å². The van der Waals surface area contributed by atoms with Gasteiger partial charge in [0.1, 0.15) is 12.5 Å². The number of nitro groups is 1. The lowest BCUT2D eigenvalue weighted by molar-refractivity contribution is -0.385. The van der Waals surface area contributed by atoms with Gasteiger partial charge in [-0.2, -0.15) is 0 Å². The molecule has 1 fully saturated rings. The zero-order valence-electron chi connectivity index (χ0n) is 9.14. The Bertz CT molecular complexity index is 441. The Morgan fingerprint density at radius 2 is 2.29 bits per heavy atom. The first-order valence-corrected chi connectivity index (χ1v) is 5.62. The van der Waals surface area contributed by atoms with E-state index in [2.05, 4.69) is 10.9 Å². The Morgan fingerprint density at radius 1 is 1.53 bits per heavy atom. The van der Waals surface area contributed by atoms with Crippen LogP contribution in [0.15, 0.2) is 18.2 Å². The van der Waals surface area contributed by atoms with E-state index in [4.69, 9.17) is 16.3 Å². The fourth-order valence-electron chi connectivity index (χ4n) is 1.68. The van der Waals surface area contributed by atoms with Gasteiger partial charge < -0.3 is 4.74 Å². The van der Waals surface area contributed by atoms with Crippen LogP contribution < -0.4 is 10.9 Å². The van der Waals surface area contributed by atoms with E-state index in [0.29, 0.717) is 11.4 Å². The van der Waals surface area contributed by atoms with Crippen LogP contribution >= 0.6 is 11.6 Å². The quantitative estimate of drug-likeness (QED) is 0.489. The van der Waals surface area contributed by atoms with Gasteiger partial charge in [0, 0.05) is 11.6 Å². The Labute approximate surface area is 103 Å². The molecule has 0 aromatic heterocycles. The fraction of sp³-hybridized carbons (Fsp3) is 0.400. The molecule has 1 aromatic carbocycles. The van der Waals surface area contributed by atoms with E-state index in [1.165, 1.54) is 6.07 Å². The lowest BCUT2D eigenvalue weighted by atomic mass is 10.1. The van der Waals surface area contributed by atoms with Crippen LogP contribution in [0.1, 0.15) is 17.4 Å². The number of halogens is 1. The number of hydrogen-bond donors (Lipinski definition) is 2. The van der Waals surface area contributed by atoms with Gasteiger partial charge in [-0.3, -0.25) is 10.1 Å². The van der Waals surface area contributed by atoms with Crippen LogP contribution in [-0.2, 0) is 4.74 Å². The van der Waals surface area contributed by atoms with E-state index in [9.17, 15) is 10.1 Å². The van der Waals surface area contributed by atoms with Crippen molar-refractivity contribution < 1.29 is 9.66 Å². The van der Waals surface area contributed by atoms with Crippen molar-refractivity contribution >= 4 is 17.3 Å². The molecule has 7 heteroatoms. The van der Waals surface area contributed by atoms with Gasteiger partial charge in [-0.15, -0.1) is 11.6 Å². The van der Waals surface area contributed by atoms with Crippen molar-refractivity contribution in [3.8, 4) is 0 Å². The summed E-state index contributed by atoms with van der Waals surface area (Å²) in [5.41, 5.74) is 7.33. The molecule has 6 nitrogen and oxygen atoms in total. The molecular formula is C10H12ClN3O3. The highest BCUT2D eigenvalue weighted by molar-refractivity contribution is 6.18. The molecule has 1 aliphatic heterocycles. The Balaban J connectivity index is 2.18. The fourth-order valence-corrected chi connectivity index (χ4v) is 1.83. The summed E-state index contributed by atoms with van der Waals surface area (Å²) >= 11 is 5.64. The summed E-state index contributed by atoms with van der Waals surface area (Å²) in [6.07, 6.45) is -0.588. The molecule has 0 bridgehead atoms. The molecule has 92 valence electrons. The number of nitrogens with one attached hydrogen (secondary N) is 2. The highest BCUT2D eigenvalue weighted by Gasteiger charge is 2.25. The summed E-state index contributed by atoms with van der Waals surface area (Å²) in [6.45, 7) is 1.70. The monoisotopic (exact) mass is 257 g/mol. The second kappa shape index (κ2) is 4.97. The van der Waals surface area contributed by atoms with Crippen LogP contribution in [-0.4, -0.2) is 17.0 Å². The van der Waals surface area contributed by atoms with Gasteiger partial charge >= 0.3 is 0 Å². The molecular weight excluding hydrogens is 246 g/mol. The van der Waals surface area contributed by atoms with Gasteiger partial charge in [-0.05, 0) is 24.6 Å². The number of nitrogens with zero attached hydrogens (tertiary/aromatic N) is 1. The third kappa shape index (κ3) is 2.55. The average molecular weight is 258 g/mol. The highest BCUT2D eigenvalue weighted by Crippen LogP contribution is 2.25. The van der Waals surface area contributed by atoms with Crippen LogP contribution in [0.4, 0.5) is 5.69 Å². The summed E-state index contributed by atoms with van der Waals surface area (Å²) in [4.78, 5) is 10.3. The van der Waals surface area contributed by atoms with Crippen LogP contribution in [0.2, 0.25) is 0 Å². The maximum atomic E-state index is 10.7. The molecule has 0 amide bonds. The molecule has 1 saturated heterocycles. The number of alkyl halides is 1. The summed E-state index contributed by atoms with van der Waals surface area (Å²) in [5.74, 6) is 0.329. The molecule has 2 N–H and O–H groups in total. The van der Waals surface area contributed by atoms with Gasteiger partial charge in [-0.25, -0.2) is 10.9 Å². The van der Waals surface area contributed by atoms with Crippen molar-refractivity contribution in [3.63, 3.8) is 0 Å². The number of hydrazine groups is 1. The van der Waals surface area contributed by atoms with E-state index < -0.39 is 4.92 Å². The third-order valence-electron chi connectivity index (χ3n) is 2.54. The topological polar surface area (TPSA) is 76.4 Å². The second-order valence-corrected chi connectivity index (χ2v) is 4.06. The smallest absolute Gasteiger partial charge is 0.272 e. The maximum absolute atomic E-state index is 10.7. The Kier molecular flexibility index (Phi) is 3.58. The molecule has 2 rings (SSSR count). The molecule has 0 spiro atoms. The van der Waals surface area contributed by atoms with Crippen LogP contribution in [0, 0.1) is 17.0 Å². The highest BCUT2D eigenvalue weighted by atomic mass is 35.5. The van der Waals surface area contributed by atoms with E-state index in [-0.39, 0.29) is 18.1 Å². The van der Waals surface area contributed by atoms with Gasteiger partial charge in [0.2, 0.25) is 0 Å². The van der Waals surface area contributed by atoms with Crippen LogP contribution in [0.5, 0.6) is 0 Å². The van der Waals surface area contributed by atoms with Gasteiger partial charge in [0.25, 0.3) is 5.69 Å². The van der Waals surface area contributed by atoms with E-state index in [1.54, 1.807) is 19.1 Å². The SMILES string of the molecule is Cc1cc(C2NNC(CCl)O2)ccc1[N+](=O)[O-]. The first-order chi connectivity index (χ1) is 8.11. The van der Waals surface area contributed by atoms with E-state index >= 15 is 0 Å². The van der Waals surface area contributed by atoms with Crippen molar-refractivity contribution in [2.75, 3.05) is 5.88 Å². The zero-order valence-corrected chi connectivity index (χ0v) is 9.90. The first kappa shape index (κ1) is 12.3. The molecule has 2 unspecified atom stereocenters. The number of ether oxygens (including phenoxy) is 1. The van der Waals surface area contributed by atoms with Gasteiger partial charge in [-0.1, -0.05) is 0 Å². The predicted molar refractivity (Wildman–Crippen MR) is 62.4 cm³/mol. The number of nitro benzene ring substituents is 1. The predicted octanol–water partition coefficient (Wildman–Crippen LogP) is 1.59. The summed E-state index contributed by atoms with van der Waals surface area (Å²) in [7, 11) is 0. The van der Waals surface area contributed by atoms with Crippen molar-refractivity contribution in [2.45, 2.75) is 19.4 Å². The molecule has 0 radical (unpaired) electrons. The molecule has 1 aliphatic rings. The lowest BCUT2D eigenvalue weighted by Crippen LogP contribution is -2.31. The third-order valence-corrected chi connectivity index (χ3v) is 2.82. The van der Waals surface area contributed by atoms with Crippen molar-refractivity contribution in [2.24, 2.45) is 0 Å². The van der Waals surface area contributed by atoms with Gasteiger partial charge in [0.15, 0.2) is 0 Å². The largest absolute Gasteiger partial charge is 0.337 e. The van der Waals surface area contributed by atoms with Crippen molar-refractivity contribution in [1.29, 1.82) is 0 Å². The maximum Gasteiger partial charge on any atom is 0.272 e. The number of hydrogen-bond acceptors (Lipinski definition) is 5. The molecule has 0 aliphatic carbocycles. The zero-order chi connectivity index (χ0) is 12.4. The minimum absolute atomic E-state index is 0.105. The minimum atomic E-state index is -0.401. The molecule has 1 aromatic rings. The summed E-state index contributed by atoms with van der Waals surface area (Å²) in [6, 6.07) is 4.87. The minimum Gasteiger partial charge on any atom is -0.337 e. The second-order valence-electron chi connectivity index (χ2n) is 3.75. The lowest BCUT2D eigenvalue weighted by Gasteiger charge is -2.10. The molecule has 2 atom stereocenters. The number of aryl methyl sites for hydroxylation is 1. The first-order valence-electron chi connectivity index (χ1n) is 5.09. The summed E-state index contributed by atoms with van der Waals surface area (Å²) in [5, 5.41) is 10.7. The summed E-state index contributed by atoms with van der Waals surface area (Å²) < 4.78 is 5.53. The van der Waals surface area contributed by atoms with E-state index in [0.717, 1.165) is 5.56 Å². The normalized spacial score (nSPS) is 23.9. The number of rotatable bonds is 3.